The lowest BCUT2D eigenvalue weighted by molar-refractivity contribution is -0.142. The fourth-order valence-corrected chi connectivity index (χ4v) is 3.24. The van der Waals surface area contributed by atoms with Crippen LogP contribution in [-0.2, 0) is 22.4 Å². The van der Waals surface area contributed by atoms with Crippen LogP contribution >= 0.6 is 11.6 Å². The highest BCUT2D eigenvalue weighted by molar-refractivity contribution is 6.30. The van der Waals surface area contributed by atoms with E-state index in [0.29, 0.717) is 12.1 Å². The second-order valence-electron chi connectivity index (χ2n) is 6.34. The van der Waals surface area contributed by atoms with Crippen molar-refractivity contribution in [3.05, 3.63) is 74.0 Å². The summed E-state index contributed by atoms with van der Waals surface area (Å²) >= 11 is 5.79. The van der Waals surface area contributed by atoms with E-state index in [1.807, 2.05) is 0 Å². The maximum atomic E-state index is 14.4. The molecule has 0 atom stereocenters. The number of ether oxygens (including phenoxy) is 2. The van der Waals surface area contributed by atoms with Crippen molar-refractivity contribution in [2.24, 2.45) is 0 Å². The molecule has 0 aliphatic rings. The van der Waals surface area contributed by atoms with Gasteiger partial charge in [-0.05, 0) is 36.2 Å². The minimum Gasteiger partial charge on any atom is -0.481 e. The third kappa shape index (κ3) is 4.24. The highest BCUT2D eigenvalue weighted by atomic mass is 35.5. The van der Waals surface area contributed by atoms with Gasteiger partial charge in [-0.1, -0.05) is 24.6 Å². The molecule has 0 saturated carbocycles. The van der Waals surface area contributed by atoms with Crippen molar-refractivity contribution in [3.8, 4) is 5.75 Å². The molecule has 0 bridgehead atoms. The molecule has 0 aliphatic carbocycles. The quantitative estimate of drug-likeness (QED) is 0.607. The molecule has 1 aromatic heterocycles. The van der Waals surface area contributed by atoms with Gasteiger partial charge in [0, 0.05) is 22.7 Å². The molecule has 8 heteroatoms. The number of esters is 1. The van der Waals surface area contributed by atoms with Gasteiger partial charge in [-0.2, -0.15) is 0 Å². The van der Waals surface area contributed by atoms with Crippen molar-refractivity contribution in [2.45, 2.75) is 19.8 Å². The predicted octanol–water partition coefficient (Wildman–Crippen LogP) is 4.16. The van der Waals surface area contributed by atoms with Crippen LogP contribution in [0.5, 0.6) is 5.75 Å². The van der Waals surface area contributed by atoms with Gasteiger partial charge in [-0.3, -0.25) is 4.79 Å². The molecule has 1 heterocycles. The normalized spacial score (nSPS) is 10.9. The van der Waals surface area contributed by atoms with E-state index < -0.39 is 29.6 Å². The van der Waals surface area contributed by atoms with Crippen molar-refractivity contribution in [3.63, 3.8) is 0 Å². The molecular weight excluding hydrogens is 404 g/mol. The summed E-state index contributed by atoms with van der Waals surface area (Å²) < 4.78 is 38.6. The number of rotatable bonds is 6. The Balaban J connectivity index is 2.17. The van der Waals surface area contributed by atoms with Crippen LogP contribution in [0.25, 0.3) is 10.9 Å². The van der Waals surface area contributed by atoms with Gasteiger partial charge < -0.3 is 14.5 Å². The number of aryl methyl sites for hydroxylation is 1. The molecule has 0 amide bonds. The average molecular weight is 422 g/mol. The molecule has 2 aromatic carbocycles. The summed E-state index contributed by atoms with van der Waals surface area (Å²) in [6, 6.07) is 6.62. The highest BCUT2D eigenvalue weighted by Gasteiger charge is 2.19. The smallest absolute Gasteiger partial charge is 0.343 e. The zero-order valence-electron chi connectivity index (χ0n) is 15.8. The molecule has 1 N–H and O–H groups in total. The summed E-state index contributed by atoms with van der Waals surface area (Å²) in [6.45, 7) is 1.36. The molecule has 0 spiro atoms. The Morgan fingerprint density at radius 1 is 1.17 bits per heavy atom. The second kappa shape index (κ2) is 8.61. The minimum atomic E-state index is -0.646. The highest BCUT2D eigenvalue weighted by Crippen LogP contribution is 2.27. The van der Waals surface area contributed by atoms with Crippen LogP contribution in [0.1, 0.15) is 23.7 Å². The van der Waals surface area contributed by atoms with E-state index in [4.69, 9.17) is 16.3 Å². The van der Waals surface area contributed by atoms with Crippen LogP contribution < -0.4 is 10.2 Å². The molecule has 5 nitrogen and oxygen atoms in total. The zero-order valence-corrected chi connectivity index (χ0v) is 16.5. The van der Waals surface area contributed by atoms with E-state index in [-0.39, 0.29) is 39.2 Å². The van der Waals surface area contributed by atoms with Gasteiger partial charge >= 0.3 is 5.97 Å². The van der Waals surface area contributed by atoms with Crippen LogP contribution in [0, 0.1) is 11.6 Å². The topological polar surface area (TPSA) is 68.4 Å². The van der Waals surface area contributed by atoms with Gasteiger partial charge in [0.25, 0.3) is 0 Å². The Hall–Kier alpha value is -2.93. The minimum absolute atomic E-state index is 0.00952. The number of H-pyrrole nitrogens is 1. The Morgan fingerprint density at radius 3 is 2.59 bits per heavy atom. The molecule has 3 aromatic rings. The van der Waals surface area contributed by atoms with E-state index in [9.17, 15) is 18.4 Å². The fourth-order valence-electron chi connectivity index (χ4n) is 3.08. The number of methoxy groups -OCH3 is 1. The van der Waals surface area contributed by atoms with Crippen LogP contribution in [0.4, 0.5) is 8.78 Å². The number of carbonyl (C=O) groups excluding carboxylic acids is 1. The number of aromatic amines is 1. The Kier molecular flexibility index (Phi) is 6.17. The van der Waals surface area contributed by atoms with Crippen LogP contribution in [0.15, 0.2) is 35.1 Å². The number of carbonyl (C=O) groups is 1. The van der Waals surface area contributed by atoms with Gasteiger partial charge in [0.2, 0.25) is 0 Å². The van der Waals surface area contributed by atoms with Crippen molar-refractivity contribution < 1.29 is 23.0 Å². The predicted molar refractivity (Wildman–Crippen MR) is 106 cm³/mol. The molecule has 3 rings (SSSR count). The Labute approximate surface area is 170 Å². The van der Waals surface area contributed by atoms with Crippen molar-refractivity contribution in [1.29, 1.82) is 0 Å². The monoisotopic (exact) mass is 421 g/mol. The Bertz CT molecular complexity index is 1140. The molecule has 29 heavy (non-hydrogen) atoms. The first-order valence-electron chi connectivity index (χ1n) is 8.85. The SMILES string of the molecule is CCc1[nH]c2c(F)ccc(OCC(=O)OC)c2c(=O)c1Cc1ccc(Cl)cc1F. The molecule has 0 radical (unpaired) electrons. The van der Waals surface area contributed by atoms with Gasteiger partial charge in [0.15, 0.2) is 12.0 Å². The lowest BCUT2D eigenvalue weighted by atomic mass is 9.98. The van der Waals surface area contributed by atoms with E-state index in [2.05, 4.69) is 9.72 Å². The van der Waals surface area contributed by atoms with Gasteiger partial charge in [-0.15, -0.1) is 0 Å². The van der Waals surface area contributed by atoms with Crippen molar-refractivity contribution >= 4 is 28.5 Å². The van der Waals surface area contributed by atoms with Crippen LogP contribution in [0.3, 0.4) is 0 Å². The summed E-state index contributed by atoms with van der Waals surface area (Å²) in [6.07, 6.45) is 0.396. The first kappa shape index (κ1) is 20.8. The first-order valence-corrected chi connectivity index (χ1v) is 9.23. The summed E-state index contributed by atoms with van der Waals surface area (Å²) in [5.41, 5.74) is 0.525. The first-order chi connectivity index (χ1) is 13.8. The fraction of sp³-hybridized carbons (Fsp3) is 0.238. The number of aromatic nitrogens is 1. The van der Waals surface area contributed by atoms with Crippen LogP contribution in [0.2, 0.25) is 5.02 Å². The molecule has 0 aliphatic heterocycles. The number of pyridine rings is 1. The number of hydrogen-bond donors (Lipinski definition) is 1. The summed E-state index contributed by atoms with van der Waals surface area (Å²) in [4.78, 5) is 27.6. The number of benzene rings is 2. The lowest BCUT2D eigenvalue weighted by Crippen LogP contribution is -2.19. The average Bonchev–Trinajstić information content (AvgIpc) is 2.70. The molecule has 152 valence electrons. The summed E-state index contributed by atoms with van der Waals surface area (Å²) in [7, 11) is 1.20. The number of nitrogens with one attached hydrogen (secondary N) is 1. The third-order valence-electron chi connectivity index (χ3n) is 4.57. The van der Waals surface area contributed by atoms with E-state index >= 15 is 0 Å². The standard InChI is InChI=1S/C21H18ClF2NO4/c1-3-16-13(8-11-4-5-12(22)9-15(11)24)21(27)19-17(29-10-18(26)28-2)7-6-14(23)20(19)25-16/h4-7,9H,3,8,10H2,1-2H3,(H,25,27). The molecular formula is C21H18ClF2NO4. The number of halogens is 3. The summed E-state index contributed by atoms with van der Waals surface area (Å²) in [5, 5.41) is 0.199. The molecule has 0 unspecified atom stereocenters. The maximum absolute atomic E-state index is 14.4. The number of hydrogen-bond acceptors (Lipinski definition) is 4. The lowest BCUT2D eigenvalue weighted by Gasteiger charge is -2.14. The third-order valence-corrected chi connectivity index (χ3v) is 4.80. The summed E-state index contributed by atoms with van der Waals surface area (Å²) in [5.74, 6) is -1.79. The van der Waals surface area contributed by atoms with E-state index in [1.54, 1.807) is 6.92 Å². The van der Waals surface area contributed by atoms with Crippen molar-refractivity contribution in [2.75, 3.05) is 13.7 Å². The largest absolute Gasteiger partial charge is 0.481 e. The van der Waals surface area contributed by atoms with Gasteiger partial charge in [-0.25, -0.2) is 13.6 Å². The maximum Gasteiger partial charge on any atom is 0.343 e. The molecule has 0 saturated heterocycles. The number of fused-ring (bicyclic) bond motifs is 1. The van der Waals surface area contributed by atoms with E-state index in [0.717, 1.165) is 6.07 Å². The van der Waals surface area contributed by atoms with Gasteiger partial charge in [0.1, 0.15) is 17.4 Å². The van der Waals surface area contributed by atoms with Gasteiger partial charge in [0.05, 0.1) is 18.0 Å². The zero-order chi connectivity index (χ0) is 21.1. The van der Waals surface area contributed by atoms with Crippen LogP contribution in [-0.4, -0.2) is 24.7 Å². The van der Waals surface area contributed by atoms with E-state index in [1.165, 1.54) is 31.4 Å². The van der Waals surface area contributed by atoms with Crippen molar-refractivity contribution in [1.82, 2.24) is 4.98 Å². The Morgan fingerprint density at radius 2 is 1.93 bits per heavy atom. The second-order valence-corrected chi connectivity index (χ2v) is 6.77. The molecule has 0 fully saturated rings.